The van der Waals surface area contributed by atoms with Gasteiger partial charge in [0.25, 0.3) is 11.4 Å². The van der Waals surface area contributed by atoms with Crippen LogP contribution in [0.1, 0.15) is 15.9 Å². The van der Waals surface area contributed by atoms with Gasteiger partial charge in [-0.2, -0.15) is 0 Å². The summed E-state index contributed by atoms with van der Waals surface area (Å²) in [6, 6.07) is 7.50. The molecule has 0 aliphatic carbocycles. The highest BCUT2D eigenvalue weighted by atomic mass is 16.6. The Kier molecular flexibility index (Phi) is 3.71. The van der Waals surface area contributed by atoms with Crippen LogP contribution in [0.3, 0.4) is 0 Å². The minimum absolute atomic E-state index is 0.138. The molecule has 0 aromatic heterocycles. The van der Waals surface area contributed by atoms with Crippen LogP contribution in [0.2, 0.25) is 0 Å². The predicted octanol–water partition coefficient (Wildman–Crippen LogP) is 1.90. The summed E-state index contributed by atoms with van der Waals surface area (Å²) in [6.07, 6.45) is 0. The lowest BCUT2D eigenvalue weighted by atomic mass is 9.99. The van der Waals surface area contributed by atoms with E-state index in [0.29, 0.717) is 0 Å². The van der Waals surface area contributed by atoms with E-state index in [1.54, 1.807) is 0 Å². The monoisotopic (exact) mass is 302 g/mol. The highest BCUT2D eigenvalue weighted by Gasteiger charge is 2.24. The molecular weight excluding hydrogens is 292 g/mol. The lowest BCUT2D eigenvalue weighted by Gasteiger charge is -2.07. The van der Waals surface area contributed by atoms with E-state index in [-0.39, 0.29) is 22.5 Å². The number of nitrogens with zero attached hydrogens (tertiary/aromatic N) is 2. The van der Waals surface area contributed by atoms with Crippen molar-refractivity contribution in [2.75, 3.05) is 11.5 Å². The van der Waals surface area contributed by atoms with Crippen LogP contribution in [0.4, 0.5) is 22.7 Å². The van der Waals surface area contributed by atoms with Gasteiger partial charge in [0, 0.05) is 12.1 Å². The number of nitrogen functional groups attached to an aromatic ring is 2. The fraction of sp³-hybridized carbons (Fsp3) is 0. The van der Waals surface area contributed by atoms with Gasteiger partial charge in [0.15, 0.2) is 5.78 Å². The van der Waals surface area contributed by atoms with Gasteiger partial charge in [-0.3, -0.25) is 25.0 Å². The standard InChI is InChI=1S/C13H10N4O5/c14-11-7(3-1-5-9(11)16(19)20)13(18)8-4-2-6-10(12(8)15)17(21)22/h1-6H,14-15H2. The van der Waals surface area contributed by atoms with E-state index in [0.717, 1.165) is 12.1 Å². The Bertz CT molecular complexity index is 738. The van der Waals surface area contributed by atoms with Gasteiger partial charge in [-0.1, -0.05) is 12.1 Å². The summed E-state index contributed by atoms with van der Waals surface area (Å²) >= 11 is 0. The number of carbonyl (C=O) groups is 1. The molecule has 0 unspecified atom stereocenters. The second-order valence-electron chi connectivity index (χ2n) is 4.32. The van der Waals surface area contributed by atoms with E-state index in [4.69, 9.17) is 11.5 Å². The Labute approximate surface area is 123 Å². The van der Waals surface area contributed by atoms with Crippen LogP contribution in [-0.2, 0) is 0 Å². The molecule has 0 atom stereocenters. The number of anilines is 2. The first-order valence-electron chi connectivity index (χ1n) is 5.95. The highest BCUT2D eigenvalue weighted by Crippen LogP contribution is 2.31. The van der Waals surface area contributed by atoms with Crippen molar-refractivity contribution < 1.29 is 14.6 Å². The number of benzene rings is 2. The average molecular weight is 302 g/mol. The molecule has 2 aromatic rings. The number of hydrogen-bond acceptors (Lipinski definition) is 7. The van der Waals surface area contributed by atoms with Crippen molar-refractivity contribution in [1.82, 2.24) is 0 Å². The van der Waals surface area contributed by atoms with Crippen molar-refractivity contribution in [1.29, 1.82) is 0 Å². The number of para-hydroxylation sites is 2. The van der Waals surface area contributed by atoms with Crippen molar-refractivity contribution in [3.05, 3.63) is 67.8 Å². The lowest BCUT2D eigenvalue weighted by molar-refractivity contribution is -0.384. The molecule has 0 amide bonds. The van der Waals surface area contributed by atoms with Crippen LogP contribution in [0, 0.1) is 20.2 Å². The minimum Gasteiger partial charge on any atom is -0.393 e. The quantitative estimate of drug-likeness (QED) is 0.378. The largest absolute Gasteiger partial charge is 0.393 e. The summed E-state index contributed by atoms with van der Waals surface area (Å²) in [4.78, 5) is 32.7. The molecule has 9 nitrogen and oxygen atoms in total. The van der Waals surface area contributed by atoms with Crippen LogP contribution in [0.5, 0.6) is 0 Å². The summed E-state index contributed by atoms with van der Waals surface area (Å²) in [7, 11) is 0. The first-order valence-corrected chi connectivity index (χ1v) is 5.95. The summed E-state index contributed by atoms with van der Waals surface area (Å²) in [5.41, 5.74) is 9.52. The van der Waals surface area contributed by atoms with E-state index >= 15 is 0 Å². The molecule has 9 heteroatoms. The van der Waals surface area contributed by atoms with E-state index < -0.39 is 27.0 Å². The zero-order valence-electron chi connectivity index (χ0n) is 11.1. The minimum atomic E-state index is -0.720. The van der Waals surface area contributed by atoms with E-state index in [9.17, 15) is 25.0 Å². The maximum absolute atomic E-state index is 12.4. The number of nitrogens with two attached hydrogens (primary N) is 2. The van der Waals surface area contributed by atoms with Crippen LogP contribution in [0.25, 0.3) is 0 Å². The van der Waals surface area contributed by atoms with Crippen molar-refractivity contribution in [3.8, 4) is 0 Å². The van der Waals surface area contributed by atoms with Crippen LogP contribution in [0.15, 0.2) is 36.4 Å². The molecule has 2 aromatic carbocycles. The normalized spacial score (nSPS) is 10.2. The Morgan fingerprint density at radius 1 is 0.818 bits per heavy atom. The zero-order chi connectivity index (χ0) is 16.4. The van der Waals surface area contributed by atoms with Gasteiger partial charge in [0.1, 0.15) is 11.4 Å². The maximum atomic E-state index is 12.4. The van der Waals surface area contributed by atoms with Gasteiger partial charge >= 0.3 is 0 Å². The number of hydrogen-bond donors (Lipinski definition) is 2. The van der Waals surface area contributed by atoms with E-state index in [1.165, 1.54) is 24.3 Å². The van der Waals surface area contributed by atoms with Gasteiger partial charge in [0.2, 0.25) is 0 Å². The topological polar surface area (TPSA) is 155 Å². The maximum Gasteiger partial charge on any atom is 0.292 e. The number of carbonyl (C=O) groups excluding carboxylic acids is 1. The SMILES string of the molecule is Nc1c(C(=O)c2cccc([N+](=O)[O-])c2N)cccc1[N+](=O)[O-]. The molecular formula is C13H10N4O5. The van der Waals surface area contributed by atoms with Crippen molar-refractivity contribution in [2.45, 2.75) is 0 Å². The molecule has 4 N–H and O–H groups in total. The second kappa shape index (κ2) is 5.48. The second-order valence-corrected chi connectivity index (χ2v) is 4.32. The summed E-state index contributed by atoms with van der Waals surface area (Å²) < 4.78 is 0. The number of nitro groups is 2. The fourth-order valence-electron chi connectivity index (χ4n) is 1.97. The molecule has 0 bridgehead atoms. The molecule has 0 fully saturated rings. The highest BCUT2D eigenvalue weighted by molar-refractivity contribution is 6.16. The molecule has 0 aliphatic rings. The summed E-state index contributed by atoms with van der Waals surface area (Å²) in [6.45, 7) is 0. The summed E-state index contributed by atoms with van der Waals surface area (Å²) in [5, 5.41) is 21.7. The third-order valence-corrected chi connectivity index (χ3v) is 3.05. The Morgan fingerprint density at radius 3 is 1.50 bits per heavy atom. The zero-order valence-corrected chi connectivity index (χ0v) is 11.1. The Balaban J connectivity index is 2.59. The number of rotatable bonds is 4. The average Bonchev–Trinajstić information content (AvgIpc) is 2.46. The Hall–Kier alpha value is -3.49. The molecule has 0 heterocycles. The van der Waals surface area contributed by atoms with Crippen LogP contribution >= 0.6 is 0 Å². The van der Waals surface area contributed by atoms with Crippen LogP contribution in [-0.4, -0.2) is 15.6 Å². The molecule has 0 aliphatic heterocycles. The molecule has 0 saturated heterocycles. The van der Waals surface area contributed by atoms with Crippen LogP contribution < -0.4 is 11.5 Å². The van der Waals surface area contributed by atoms with Gasteiger partial charge in [-0.05, 0) is 12.1 Å². The molecule has 112 valence electrons. The smallest absolute Gasteiger partial charge is 0.292 e. The van der Waals surface area contributed by atoms with Crippen molar-refractivity contribution >= 4 is 28.5 Å². The van der Waals surface area contributed by atoms with E-state index in [2.05, 4.69) is 0 Å². The van der Waals surface area contributed by atoms with Crippen molar-refractivity contribution in [2.24, 2.45) is 0 Å². The first-order chi connectivity index (χ1) is 10.3. The van der Waals surface area contributed by atoms with Gasteiger partial charge in [0.05, 0.1) is 21.0 Å². The van der Waals surface area contributed by atoms with Gasteiger partial charge in [-0.25, -0.2) is 0 Å². The number of ketones is 1. The molecule has 0 saturated carbocycles. The Morgan fingerprint density at radius 2 is 1.18 bits per heavy atom. The molecule has 0 spiro atoms. The molecule has 22 heavy (non-hydrogen) atoms. The number of nitro benzene ring substituents is 2. The molecule has 0 radical (unpaired) electrons. The fourth-order valence-corrected chi connectivity index (χ4v) is 1.97. The van der Waals surface area contributed by atoms with Crippen molar-refractivity contribution in [3.63, 3.8) is 0 Å². The molecule has 2 rings (SSSR count). The third-order valence-electron chi connectivity index (χ3n) is 3.05. The summed E-state index contributed by atoms with van der Waals surface area (Å²) in [5.74, 6) is -0.720. The van der Waals surface area contributed by atoms with Gasteiger partial charge in [-0.15, -0.1) is 0 Å². The third kappa shape index (κ3) is 2.42. The van der Waals surface area contributed by atoms with E-state index in [1.807, 2.05) is 0 Å². The first kappa shape index (κ1) is 14.9. The predicted molar refractivity (Wildman–Crippen MR) is 78.5 cm³/mol. The van der Waals surface area contributed by atoms with Gasteiger partial charge < -0.3 is 11.5 Å². The lowest BCUT2D eigenvalue weighted by Crippen LogP contribution is -2.10.